The number of carbonyl (C=O) groups excluding carboxylic acids is 1. The van der Waals surface area contributed by atoms with E-state index >= 15 is 0 Å². The van der Waals surface area contributed by atoms with Crippen LogP contribution in [0.5, 0.6) is 0 Å². The van der Waals surface area contributed by atoms with Gasteiger partial charge in [0.25, 0.3) is 0 Å². The van der Waals surface area contributed by atoms with Crippen molar-refractivity contribution in [2.24, 2.45) is 5.73 Å². The van der Waals surface area contributed by atoms with E-state index in [1.807, 2.05) is 6.92 Å². The first-order valence-corrected chi connectivity index (χ1v) is 7.05. The number of nitrogens with zero attached hydrogens (tertiary/aromatic N) is 1. The number of carbonyl (C=O) groups is 1. The van der Waals surface area contributed by atoms with Crippen LogP contribution in [0.3, 0.4) is 0 Å². The minimum atomic E-state index is -0.589. The summed E-state index contributed by atoms with van der Waals surface area (Å²) in [5.74, 6) is -0.516. The number of halogens is 1. The molecule has 1 aromatic carbocycles. The molecule has 2 rings (SSSR count). The molecular formula is C14H16FN3OS. The fourth-order valence-corrected chi connectivity index (χ4v) is 2.67. The number of thiazole rings is 1. The Morgan fingerprint density at radius 3 is 2.85 bits per heavy atom. The van der Waals surface area contributed by atoms with Gasteiger partial charge in [0, 0.05) is 11.3 Å². The number of aromatic nitrogens is 1. The molecule has 2 aromatic rings. The first-order chi connectivity index (χ1) is 9.47. The number of amides is 1. The van der Waals surface area contributed by atoms with Crippen LogP contribution in [-0.2, 0) is 11.2 Å². The molecule has 0 bridgehead atoms. The Bertz CT molecular complexity index is 625. The summed E-state index contributed by atoms with van der Waals surface area (Å²) in [5.41, 5.74) is 6.89. The third-order valence-corrected chi connectivity index (χ3v) is 3.92. The number of hydrogen-bond acceptors (Lipinski definition) is 4. The highest BCUT2D eigenvalue weighted by Crippen LogP contribution is 2.26. The van der Waals surface area contributed by atoms with E-state index in [-0.39, 0.29) is 11.7 Å². The number of nitrogens with two attached hydrogens (primary N) is 1. The number of hydrogen-bond donors (Lipinski definition) is 2. The van der Waals surface area contributed by atoms with Crippen LogP contribution in [0.15, 0.2) is 24.3 Å². The molecule has 6 heteroatoms. The van der Waals surface area contributed by atoms with E-state index in [0.717, 1.165) is 10.6 Å². The lowest BCUT2D eigenvalue weighted by atomic mass is 10.1. The highest BCUT2D eigenvalue weighted by atomic mass is 32.1. The van der Waals surface area contributed by atoms with Gasteiger partial charge in [0.1, 0.15) is 5.82 Å². The highest BCUT2D eigenvalue weighted by molar-refractivity contribution is 7.15. The van der Waals surface area contributed by atoms with Gasteiger partial charge in [-0.05, 0) is 25.5 Å². The minimum absolute atomic E-state index is 0.235. The average Bonchev–Trinajstić information content (AvgIpc) is 2.72. The van der Waals surface area contributed by atoms with Gasteiger partial charge in [0.2, 0.25) is 5.91 Å². The molecular weight excluding hydrogens is 277 g/mol. The van der Waals surface area contributed by atoms with Crippen molar-refractivity contribution in [1.29, 1.82) is 0 Å². The molecule has 1 atom stereocenters. The Balaban J connectivity index is 2.16. The Kier molecular flexibility index (Phi) is 4.46. The summed E-state index contributed by atoms with van der Waals surface area (Å²) in [5, 5.41) is 3.15. The van der Waals surface area contributed by atoms with Gasteiger partial charge in [0.15, 0.2) is 5.13 Å². The lowest BCUT2D eigenvalue weighted by Crippen LogP contribution is -2.32. The zero-order chi connectivity index (χ0) is 14.7. The Hall–Kier alpha value is -1.79. The van der Waals surface area contributed by atoms with Gasteiger partial charge in [0.05, 0.1) is 11.7 Å². The molecule has 106 valence electrons. The van der Waals surface area contributed by atoms with Crippen molar-refractivity contribution < 1.29 is 9.18 Å². The number of nitrogens with one attached hydrogen (secondary N) is 1. The average molecular weight is 293 g/mol. The topological polar surface area (TPSA) is 68.0 Å². The van der Waals surface area contributed by atoms with Crippen LogP contribution in [0, 0.1) is 12.7 Å². The summed E-state index contributed by atoms with van der Waals surface area (Å²) in [6.07, 6.45) is 0.463. The second-order valence-corrected chi connectivity index (χ2v) is 5.66. The molecule has 20 heavy (non-hydrogen) atoms. The van der Waals surface area contributed by atoms with Gasteiger partial charge in [-0.25, -0.2) is 9.37 Å². The SMILES string of the molecule is Cc1nc(NC(=O)[C@@H](C)N)sc1Cc1ccccc1F. The van der Waals surface area contributed by atoms with Crippen LogP contribution in [-0.4, -0.2) is 16.9 Å². The van der Waals surface area contributed by atoms with E-state index in [2.05, 4.69) is 10.3 Å². The van der Waals surface area contributed by atoms with Crippen LogP contribution in [0.2, 0.25) is 0 Å². The lowest BCUT2D eigenvalue weighted by molar-refractivity contribution is -0.117. The number of benzene rings is 1. The molecule has 1 amide bonds. The molecule has 1 heterocycles. The Labute approximate surface area is 120 Å². The van der Waals surface area contributed by atoms with Crippen molar-refractivity contribution in [2.75, 3.05) is 5.32 Å². The lowest BCUT2D eigenvalue weighted by Gasteiger charge is -2.03. The number of rotatable bonds is 4. The van der Waals surface area contributed by atoms with Gasteiger partial charge < -0.3 is 11.1 Å². The normalized spacial score (nSPS) is 12.2. The van der Waals surface area contributed by atoms with Crippen molar-refractivity contribution in [1.82, 2.24) is 4.98 Å². The van der Waals surface area contributed by atoms with Crippen LogP contribution in [0.4, 0.5) is 9.52 Å². The third-order valence-electron chi connectivity index (χ3n) is 2.85. The van der Waals surface area contributed by atoms with E-state index in [4.69, 9.17) is 5.73 Å². The van der Waals surface area contributed by atoms with Crippen LogP contribution >= 0.6 is 11.3 Å². The van der Waals surface area contributed by atoms with Crippen molar-refractivity contribution in [3.05, 3.63) is 46.2 Å². The second kappa shape index (κ2) is 6.11. The highest BCUT2D eigenvalue weighted by Gasteiger charge is 2.14. The first-order valence-electron chi connectivity index (χ1n) is 6.23. The molecule has 0 aliphatic heterocycles. The van der Waals surface area contributed by atoms with Gasteiger partial charge in [-0.1, -0.05) is 18.2 Å². The zero-order valence-corrected chi connectivity index (χ0v) is 12.1. The van der Waals surface area contributed by atoms with Crippen molar-refractivity contribution >= 4 is 22.4 Å². The molecule has 0 aliphatic rings. The van der Waals surface area contributed by atoms with Crippen LogP contribution in [0.1, 0.15) is 23.1 Å². The maximum Gasteiger partial charge on any atom is 0.242 e. The molecule has 0 unspecified atom stereocenters. The van der Waals surface area contributed by atoms with E-state index in [9.17, 15) is 9.18 Å². The van der Waals surface area contributed by atoms with Crippen molar-refractivity contribution in [3.63, 3.8) is 0 Å². The molecule has 0 spiro atoms. The van der Waals surface area contributed by atoms with Gasteiger partial charge in [-0.15, -0.1) is 11.3 Å². The van der Waals surface area contributed by atoms with E-state index in [0.29, 0.717) is 17.1 Å². The molecule has 0 fully saturated rings. The largest absolute Gasteiger partial charge is 0.320 e. The summed E-state index contributed by atoms with van der Waals surface area (Å²) in [7, 11) is 0. The maximum atomic E-state index is 13.6. The minimum Gasteiger partial charge on any atom is -0.320 e. The third kappa shape index (κ3) is 3.40. The molecule has 4 nitrogen and oxygen atoms in total. The van der Waals surface area contributed by atoms with Gasteiger partial charge in [-0.3, -0.25) is 4.79 Å². The fraction of sp³-hybridized carbons (Fsp3) is 0.286. The molecule has 0 aliphatic carbocycles. The van der Waals surface area contributed by atoms with E-state index < -0.39 is 6.04 Å². The predicted molar refractivity (Wildman–Crippen MR) is 78.3 cm³/mol. The van der Waals surface area contributed by atoms with Gasteiger partial charge in [-0.2, -0.15) is 0 Å². The predicted octanol–water partition coefficient (Wildman–Crippen LogP) is 2.47. The summed E-state index contributed by atoms with van der Waals surface area (Å²) in [4.78, 5) is 16.7. The summed E-state index contributed by atoms with van der Waals surface area (Å²) in [6.45, 7) is 3.45. The summed E-state index contributed by atoms with van der Waals surface area (Å²) >= 11 is 1.34. The quantitative estimate of drug-likeness (QED) is 0.910. The fourth-order valence-electron chi connectivity index (χ4n) is 1.68. The summed E-state index contributed by atoms with van der Waals surface area (Å²) < 4.78 is 13.6. The maximum absolute atomic E-state index is 13.6. The smallest absolute Gasteiger partial charge is 0.242 e. The van der Waals surface area contributed by atoms with Crippen LogP contribution in [0.25, 0.3) is 0 Å². The standard InChI is InChI=1S/C14H16FN3OS/c1-8(16)13(19)18-14-17-9(2)12(20-14)7-10-5-3-4-6-11(10)15/h3-6,8H,7,16H2,1-2H3,(H,17,18,19)/t8-/m1/s1. The molecule has 1 aromatic heterocycles. The molecule has 0 saturated carbocycles. The number of aryl methyl sites for hydroxylation is 1. The van der Waals surface area contributed by atoms with Crippen molar-refractivity contribution in [3.8, 4) is 0 Å². The summed E-state index contributed by atoms with van der Waals surface area (Å²) in [6, 6.07) is 6.05. The Morgan fingerprint density at radius 2 is 2.20 bits per heavy atom. The van der Waals surface area contributed by atoms with E-state index in [1.54, 1.807) is 25.1 Å². The monoisotopic (exact) mass is 293 g/mol. The molecule has 3 N–H and O–H groups in total. The zero-order valence-electron chi connectivity index (χ0n) is 11.3. The second-order valence-electron chi connectivity index (χ2n) is 4.57. The van der Waals surface area contributed by atoms with Crippen molar-refractivity contribution in [2.45, 2.75) is 26.3 Å². The van der Waals surface area contributed by atoms with Crippen LogP contribution < -0.4 is 11.1 Å². The molecule has 0 radical (unpaired) electrons. The van der Waals surface area contributed by atoms with E-state index in [1.165, 1.54) is 17.4 Å². The first kappa shape index (κ1) is 14.6. The molecule has 0 saturated heterocycles. The number of anilines is 1. The Morgan fingerprint density at radius 1 is 1.50 bits per heavy atom. The van der Waals surface area contributed by atoms with Gasteiger partial charge >= 0.3 is 0 Å².